The molecule has 0 bridgehead atoms. The molecular weight excluding hydrogens is 414 g/mol. The van der Waals surface area contributed by atoms with E-state index in [0.717, 1.165) is 11.1 Å². The molecule has 0 unspecified atom stereocenters. The molecule has 32 heavy (non-hydrogen) atoms. The quantitative estimate of drug-likeness (QED) is 0.240. The highest BCUT2D eigenvalue weighted by Crippen LogP contribution is 2.25. The summed E-state index contributed by atoms with van der Waals surface area (Å²) in [5.41, 5.74) is 4.25. The average Bonchev–Trinajstić information content (AvgIpc) is 2.83. The minimum absolute atomic E-state index is 0.0705. The number of carbonyl (C=O) groups is 2. The number of esters is 1. The van der Waals surface area contributed by atoms with Gasteiger partial charge in [-0.05, 0) is 6.07 Å². The Hall–Kier alpha value is -4.53. The van der Waals surface area contributed by atoms with Crippen molar-refractivity contribution >= 4 is 23.3 Å². The number of hydrogen-bond acceptors (Lipinski definition) is 7. The molecule has 1 N–H and O–H groups in total. The van der Waals surface area contributed by atoms with Crippen LogP contribution in [0.1, 0.15) is 11.1 Å². The second-order valence-corrected chi connectivity index (χ2v) is 6.40. The second kappa shape index (κ2) is 11.0. The van der Waals surface area contributed by atoms with E-state index in [1.165, 1.54) is 24.3 Å². The predicted octanol–water partition coefficient (Wildman–Crippen LogP) is 3.09. The smallest absolute Gasteiger partial charge is 0.344 e. The third-order valence-electron chi connectivity index (χ3n) is 4.16. The van der Waals surface area contributed by atoms with Crippen molar-refractivity contribution in [3.63, 3.8) is 0 Å². The van der Waals surface area contributed by atoms with Crippen molar-refractivity contribution in [2.45, 2.75) is 0 Å². The Morgan fingerprint density at radius 2 is 1.41 bits per heavy atom. The number of hydrazone groups is 1. The van der Waals surface area contributed by atoms with Gasteiger partial charge >= 0.3 is 11.7 Å². The Morgan fingerprint density at radius 1 is 0.844 bits per heavy atom. The van der Waals surface area contributed by atoms with Crippen molar-refractivity contribution < 1.29 is 24.0 Å². The Kier molecular flexibility index (Phi) is 7.63. The molecule has 0 saturated heterocycles. The third kappa shape index (κ3) is 6.23. The molecule has 3 aromatic carbocycles. The lowest BCUT2D eigenvalue weighted by Crippen LogP contribution is -2.27. The fraction of sp³-hybridized carbons (Fsp3) is 0.0870. The van der Waals surface area contributed by atoms with E-state index in [-0.39, 0.29) is 11.4 Å². The van der Waals surface area contributed by atoms with Crippen LogP contribution in [0.5, 0.6) is 5.75 Å². The summed E-state index contributed by atoms with van der Waals surface area (Å²) in [6, 6.07) is 24.2. The first kappa shape index (κ1) is 22.2. The van der Waals surface area contributed by atoms with E-state index in [1.807, 2.05) is 60.7 Å². The van der Waals surface area contributed by atoms with Gasteiger partial charge in [-0.3, -0.25) is 14.9 Å². The molecule has 0 atom stereocenters. The number of carbonyl (C=O) groups excluding carboxylic acids is 2. The highest BCUT2D eigenvalue weighted by molar-refractivity contribution is 6.13. The lowest BCUT2D eigenvalue weighted by molar-refractivity contribution is -0.385. The number of hydrogen-bond donors (Lipinski definition) is 1. The summed E-state index contributed by atoms with van der Waals surface area (Å²) in [7, 11) is 0. The van der Waals surface area contributed by atoms with Crippen LogP contribution in [0.4, 0.5) is 5.69 Å². The Bertz CT molecular complexity index is 1080. The van der Waals surface area contributed by atoms with Crippen LogP contribution in [0, 0.1) is 10.1 Å². The lowest BCUT2D eigenvalue weighted by atomic mass is 10.0. The average molecular weight is 433 g/mol. The largest absolute Gasteiger partial charge is 0.475 e. The molecule has 0 aliphatic rings. The first-order chi connectivity index (χ1) is 15.5. The normalized spacial score (nSPS) is 10.0. The standard InChI is InChI=1S/C23H19N3O6/c27-21(15-32-22(28)16-31-20-14-8-7-13-19(20)26(29)30)24-25-23(17-9-3-1-4-10-17)18-11-5-2-6-12-18/h1-14H,15-16H2,(H,24,27). The van der Waals surface area contributed by atoms with Gasteiger partial charge < -0.3 is 9.47 Å². The van der Waals surface area contributed by atoms with E-state index in [1.54, 1.807) is 0 Å². The van der Waals surface area contributed by atoms with E-state index in [0.29, 0.717) is 5.71 Å². The molecule has 0 heterocycles. The Labute approximate surface area is 183 Å². The van der Waals surface area contributed by atoms with E-state index >= 15 is 0 Å². The monoisotopic (exact) mass is 433 g/mol. The van der Waals surface area contributed by atoms with Crippen molar-refractivity contribution in [1.82, 2.24) is 5.43 Å². The zero-order valence-corrected chi connectivity index (χ0v) is 16.8. The number of nitro groups is 1. The molecule has 0 saturated carbocycles. The molecule has 162 valence electrons. The van der Waals surface area contributed by atoms with Crippen molar-refractivity contribution in [2.24, 2.45) is 5.10 Å². The van der Waals surface area contributed by atoms with Gasteiger partial charge in [-0.2, -0.15) is 5.10 Å². The van der Waals surface area contributed by atoms with Crippen LogP contribution in [0.15, 0.2) is 90.0 Å². The lowest BCUT2D eigenvalue weighted by Gasteiger charge is -2.09. The van der Waals surface area contributed by atoms with E-state index in [4.69, 9.17) is 9.47 Å². The Morgan fingerprint density at radius 3 is 2.00 bits per heavy atom. The van der Waals surface area contributed by atoms with Gasteiger partial charge in [0.25, 0.3) is 5.91 Å². The predicted molar refractivity (Wildman–Crippen MR) is 116 cm³/mol. The molecule has 0 aromatic heterocycles. The molecule has 0 aliphatic heterocycles. The fourth-order valence-corrected chi connectivity index (χ4v) is 2.69. The summed E-state index contributed by atoms with van der Waals surface area (Å²) in [4.78, 5) is 34.3. The number of benzene rings is 3. The highest BCUT2D eigenvalue weighted by atomic mass is 16.6. The van der Waals surface area contributed by atoms with Crippen molar-refractivity contribution in [3.8, 4) is 5.75 Å². The summed E-state index contributed by atoms with van der Waals surface area (Å²) in [5, 5.41) is 15.1. The topological polar surface area (TPSA) is 120 Å². The second-order valence-electron chi connectivity index (χ2n) is 6.40. The van der Waals surface area contributed by atoms with E-state index in [9.17, 15) is 19.7 Å². The van der Waals surface area contributed by atoms with Gasteiger partial charge in [0.05, 0.1) is 10.6 Å². The summed E-state index contributed by atoms with van der Waals surface area (Å²) < 4.78 is 9.99. The molecule has 3 aromatic rings. The maximum absolute atomic E-state index is 12.1. The summed E-state index contributed by atoms with van der Waals surface area (Å²) in [6.45, 7) is -1.17. The maximum Gasteiger partial charge on any atom is 0.344 e. The molecule has 0 fully saturated rings. The van der Waals surface area contributed by atoms with Crippen LogP contribution >= 0.6 is 0 Å². The maximum atomic E-state index is 12.1. The van der Waals surface area contributed by atoms with Crippen molar-refractivity contribution in [2.75, 3.05) is 13.2 Å². The number of para-hydroxylation sites is 2. The van der Waals surface area contributed by atoms with E-state index < -0.39 is 30.0 Å². The van der Waals surface area contributed by atoms with Crippen molar-refractivity contribution in [3.05, 3.63) is 106 Å². The van der Waals surface area contributed by atoms with Crippen LogP contribution in [-0.2, 0) is 14.3 Å². The van der Waals surface area contributed by atoms with Gasteiger partial charge in [0.15, 0.2) is 19.0 Å². The minimum atomic E-state index is -0.853. The zero-order valence-electron chi connectivity index (χ0n) is 16.8. The number of amides is 1. The van der Waals surface area contributed by atoms with Gasteiger partial charge in [0.2, 0.25) is 0 Å². The van der Waals surface area contributed by atoms with Crippen LogP contribution in [0.2, 0.25) is 0 Å². The summed E-state index contributed by atoms with van der Waals surface area (Å²) in [5.74, 6) is -1.57. The van der Waals surface area contributed by atoms with Gasteiger partial charge in [0, 0.05) is 17.2 Å². The molecule has 9 nitrogen and oxygen atoms in total. The molecule has 0 spiro atoms. The van der Waals surface area contributed by atoms with Gasteiger partial charge in [0.1, 0.15) is 0 Å². The summed E-state index contributed by atoms with van der Waals surface area (Å²) >= 11 is 0. The molecule has 9 heteroatoms. The van der Waals surface area contributed by atoms with Crippen LogP contribution in [0.25, 0.3) is 0 Å². The molecular formula is C23H19N3O6. The summed E-state index contributed by atoms with van der Waals surface area (Å²) in [6.07, 6.45) is 0. The molecule has 0 radical (unpaired) electrons. The highest BCUT2D eigenvalue weighted by Gasteiger charge is 2.16. The van der Waals surface area contributed by atoms with Gasteiger partial charge in [-0.25, -0.2) is 10.2 Å². The minimum Gasteiger partial charge on any atom is -0.475 e. The number of nitrogens with zero attached hydrogens (tertiary/aromatic N) is 2. The zero-order chi connectivity index (χ0) is 22.8. The number of rotatable bonds is 9. The molecule has 1 amide bonds. The number of nitro benzene ring substituents is 1. The third-order valence-corrected chi connectivity index (χ3v) is 4.16. The van der Waals surface area contributed by atoms with Gasteiger partial charge in [-0.15, -0.1) is 0 Å². The van der Waals surface area contributed by atoms with Crippen molar-refractivity contribution in [1.29, 1.82) is 0 Å². The van der Waals surface area contributed by atoms with Gasteiger partial charge in [-0.1, -0.05) is 72.8 Å². The fourth-order valence-electron chi connectivity index (χ4n) is 2.69. The SMILES string of the molecule is O=C(COC(=O)COc1ccccc1[N+](=O)[O-])NN=C(c1ccccc1)c1ccccc1. The molecule has 0 aliphatic carbocycles. The van der Waals surface area contributed by atoms with E-state index in [2.05, 4.69) is 10.5 Å². The first-order valence-electron chi connectivity index (χ1n) is 9.54. The number of nitrogens with one attached hydrogen (secondary N) is 1. The molecule has 3 rings (SSSR count). The first-order valence-corrected chi connectivity index (χ1v) is 9.54. The van der Waals surface area contributed by atoms with Crippen LogP contribution in [0.3, 0.4) is 0 Å². The number of ether oxygens (including phenoxy) is 2. The van der Waals surface area contributed by atoms with Crippen LogP contribution in [-0.4, -0.2) is 35.7 Å². The van der Waals surface area contributed by atoms with Crippen LogP contribution < -0.4 is 10.2 Å². The Balaban J connectivity index is 1.56.